The Morgan fingerprint density at radius 3 is 2.52 bits per heavy atom. The molecule has 2 saturated heterocycles. The fourth-order valence-electron chi connectivity index (χ4n) is 5.52. The summed E-state index contributed by atoms with van der Waals surface area (Å²) in [4.78, 5) is 32.5. The van der Waals surface area contributed by atoms with E-state index in [0.29, 0.717) is 54.2 Å². The molecule has 2 fully saturated rings. The van der Waals surface area contributed by atoms with Crippen LogP contribution in [0, 0.1) is 0 Å². The topological polar surface area (TPSA) is 102 Å². The average Bonchev–Trinajstić information content (AvgIpc) is 3.40. The molecule has 2 atom stereocenters. The van der Waals surface area contributed by atoms with Crippen molar-refractivity contribution in [1.29, 1.82) is 0 Å². The SMILES string of the molecule is C[C@@H]1CN[C@@H](c2ccc(-n3ccc4c(=O)n(CC5(O)CCN(C(=O)c6ccc(Cl)cc6)CC5)cnc43)cc2)CO1. The highest BCUT2D eigenvalue weighted by molar-refractivity contribution is 6.30. The Morgan fingerprint density at radius 1 is 1.12 bits per heavy atom. The zero-order chi connectivity index (χ0) is 27.9. The van der Waals surface area contributed by atoms with Crippen molar-refractivity contribution in [2.45, 2.75) is 44.1 Å². The monoisotopic (exact) mass is 561 g/mol. The molecule has 0 bridgehead atoms. The molecule has 2 N–H and O–H groups in total. The molecule has 2 aromatic carbocycles. The number of carbonyl (C=O) groups excluding carboxylic acids is 1. The van der Waals surface area contributed by atoms with Crippen molar-refractivity contribution < 1.29 is 14.6 Å². The molecule has 4 aromatic rings. The number of rotatable bonds is 5. The van der Waals surface area contributed by atoms with Crippen LogP contribution in [0.1, 0.15) is 41.7 Å². The number of halogens is 1. The summed E-state index contributed by atoms with van der Waals surface area (Å²) < 4.78 is 9.15. The molecule has 0 radical (unpaired) electrons. The quantitative estimate of drug-likeness (QED) is 0.386. The smallest absolute Gasteiger partial charge is 0.262 e. The number of benzene rings is 2. The van der Waals surface area contributed by atoms with E-state index in [1.54, 1.807) is 35.2 Å². The normalized spacial score (nSPS) is 21.0. The highest BCUT2D eigenvalue weighted by Crippen LogP contribution is 2.26. The number of nitrogens with one attached hydrogen (secondary N) is 1. The van der Waals surface area contributed by atoms with Gasteiger partial charge < -0.3 is 24.6 Å². The van der Waals surface area contributed by atoms with Crippen LogP contribution in [-0.2, 0) is 11.3 Å². The minimum absolute atomic E-state index is 0.0914. The van der Waals surface area contributed by atoms with E-state index in [2.05, 4.69) is 29.4 Å². The van der Waals surface area contributed by atoms with Gasteiger partial charge in [0.25, 0.3) is 11.5 Å². The maximum atomic E-state index is 13.4. The second-order valence-corrected chi connectivity index (χ2v) is 11.3. The Labute approximate surface area is 237 Å². The van der Waals surface area contributed by atoms with E-state index in [0.717, 1.165) is 17.8 Å². The second kappa shape index (κ2) is 10.8. The van der Waals surface area contributed by atoms with Gasteiger partial charge in [0.1, 0.15) is 6.33 Å². The van der Waals surface area contributed by atoms with Crippen molar-refractivity contribution in [3.63, 3.8) is 0 Å². The molecular weight excluding hydrogens is 530 g/mol. The maximum absolute atomic E-state index is 13.4. The van der Waals surface area contributed by atoms with Crippen LogP contribution in [0.15, 0.2) is 71.9 Å². The Balaban J connectivity index is 1.14. The van der Waals surface area contributed by atoms with E-state index >= 15 is 0 Å². The van der Waals surface area contributed by atoms with Crippen LogP contribution in [0.25, 0.3) is 16.7 Å². The fourth-order valence-corrected chi connectivity index (χ4v) is 5.65. The van der Waals surface area contributed by atoms with Crippen LogP contribution in [0.5, 0.6) is 0 Å². The van der Waals surface area contributed by atoms with Crippen LogP contribution >= 0.6 is 11.6 Å². The molecule has 208 valence electrons. The van der Waals surface area contributed by atoms with Gasteiger partial charge >= 0.3 is 0 Å². The second-order valence-electron chi connectivity index (χ2n) is 10.8. The molecule has 0 unspecified atom stereocenters. The number of hydrogen-bond donors (Lipinski definition) is 2. The molecule has 40 heavy (non-hydrogen) atoms. The molecule has 0 aliphatic carbocycles. The summed E-state index contributed by atoms with van der Waals surface area (Å²) in [5.74, 6) is -0.0914. The van der Waals surface area contributed by atoms with Gasteiger partial charge in [0, 0.05) is 42.1 Å². The van der Waals surface area contributed by atoms with Crippen molar-refractivity contribution in [1.82, 2.24) is 24.3 Å². The number of piperidine rings is 1. The zero-order valence-electron chi connectivity index (χ0n) is 22.3. The Morgan fingerprint density at radius 2 is 1.85 bits per heavy atom. The van der Waals surface area contributed by atoms with E-state index in [-0.39, 0.29) is 30.2 Å². The predicted molar refractivity (Wildman–Crippen MR) is 153 cm³/mol. The molecule has 10 heteroatoms. The number of fused-ring (bicyclic) bond motifs is 1. The summed E-state index contributed by atoms with van der Waals surface area (Å²) in [6, 6.07) is 16.9. The van der Waals surface area contributed by atoms with Crippen LogP contribution in [0.3, 0.4) is 0 Å². The van der Waals surface area contributed by atoms with Gasteiger partial charge in [0.05, 0.1) is 36.3 Å². The first-order valence-corrected chi connectivity index (χ1v) is 14.0. The molecular formula is C30H32ClN5O4. The van der Waals surface area contributed by atoms with Gasteiger partial charge in [0.15, 0.2) is 5.65 Å². The van der Waals surface area contributed by atoms with Crippen LogP contribution < -0.4 is 10.9 Å². The molecule has 2 aromatic heterocycles. The van der Waals surface area contributed by atoms with E-state index < -0.39 is 5.60 Å². The number of nitrogens with zero attached hydrogens (tertiary/aromatic N) is 4. The molecule has 4 heterocycles. The first kappa shape index (κ1) is 26.7. The standard InChI is InChI=1S/C30H32ClN5O4/c1-20-16-32-26(17-40-20)21-4-8-24(9-5-21)36-13-10-25-27(36)33-19-35(29(25)38)18-30(39)11-14-34(15-12-30)28(37)22-2-6-23(31)7-3-22/h2-10,13,19-20,26,32,39H,11-12,14-18H2,1H3/t20-,26-/m1/s1. The molecule has 2 aliphatic heterocycles. The van der Waals surface area contributed by atoms with E-state index in [1.165, 1.54) is 10.9 Å². The number of ether oxygens (including phenoxy) is 1. The van der Waals surface area contributed by atoms with Gasteiger partial charge in [-0.05, 0) is 67.8 Å². The van der Waals surface area contributed by atoms with Gasteiger partial charge in [-0.3, -0.25) is 14.2 Å². The van der Waals surface area contributed by atoms with E-state index in [9.17, 15) is 14.7 Å². The summed E-state index contributed by atoms with van der Waals surface area (Å²) in [6.45, 7) is 4.43. The van der Waals surface area contributed by atoms with E-state index in [4.69, 9.17) is 16.3 Å². The predicted octanol–water partition coefficient (Wildman–Crippen LogP) is 3.56. The third-order valence-electron chi connectivity index (χ3n) is 7.98. The summed E-state index contributed by atoms with van der Waals surface area (Å²) in [7, 11) is 0. The third-order valence-corrected chi connectivity index (χ3v) is 8.23. The van der Waals surface area contributed by atoms with Crippen molar-refractivity contribution in [3.8, 4) is 5.69 Å². The molecule has 1 amide bonds. The minimum Gasteiger partial charge on any atom is -0.388 e. The summed E-state index contributed by atoms with van der Waals surface area (Å²) in [5.41, 5.74) is 1.88. The van der Waals surface area contributed by atoms with Gasteiger partial charge in [-0.2, -0.15) is 0 Å². The number of morpholine rings is 1. The number of likely N-dealkylation sites (tertiary alicyclic amines) is 1. The minimum atomic E-state index is -1.11. The Bertz CT molecular complexity index is 1560. The molecule has 0 spiro atoms. The Hall–Kier alpha value is -3.50. The number of aliphatic hydroxyl groups is 1. The van der Waals surface area contributed by atoms with Gasteiger partial charge in [-0.15, -0.1) is 0 Å². The highest BCUT2D eigenvalue weighted by atomic mass is 35.5. The summed E-state index contributed by atoms with van der Waals surface area (Å²) >= 11 is 5.94. The molecule has 9 nitrogen and oxygen atoms in total. The lowest BCUT2D eigenvalue weighted by Crippen LogP contribution is -2.49. The summed E-state index contributed by atoms with van der Waals surface area (Å²) in [5, 5.41) is 15.9. The zero-order valence-corrected chi connectivity index (χ0v) is 23.1. The first-order valence-electron chi connectivity index (χ1n) is 13.6. The van der Waals surface area contributed by atoms with Crippen molar-refractivity contribution in [2.75, 3.05) is 26.2 Å². The van der Waals surface area contributed by atoms with Crippen LogP contribution in [0.2, 0.25) is 5.02 Å². The number of amides is 1. The fraction of sp³-hybridized carbons (Fsp3) is 0.367. The van der Waals surface area contributed by atoms with Crippen molar-refractivity contribution >= 4 is 28.5 Å². The molecule has 6 rings (SSSR count). The summed E-state index contributed by atoms with van der Waals surface area (Å²) in [6.07, 6.45) is 4.30. The largest absolute Gasteiger partial charge is 0.388 e. The van der Waals surface area contributed by atoms with Gasteiger partial charge in [-0.25, -0.2) is 4.98 Å². The third kappa shape index (κ3) is 5.30. The average molecular weight is 562 g/mol. The van der Waals surface area contributed by atoms with E-state index in [1.807, 2.05) is 22.9 Å². The van der Waals surface area contributed by atoms with Gasteiger partial charge in [-0.1, -0.05) is 23.7 Å². The highest BCUT2D eigenvalue weighted by Gasteiger charge is 2.35. The number of carbonyl (C=O) groups is 1. The lowest BCUT2D eigenvalue weighted by atomic mass is 9.91. The van der Waals surface area contributed by atoms with Crippen molar-refractivity contribution in [3.05, 3.63) is 93.6 Å². The van der Waals surface area contributed by atoms with Gasteiger partial charge in [0.2, 0.25) is 0 Å². The first-order chi connectivity index (χ1) is 19.3. The Kier molecular flexibility index (Phi) is 7.22. The van der Waals surface area contributed by atoms with Crippen LogP contribution in [0.4, 0.5) is 0 Å². The number of aromatic nitrogens is 3. The molecule has 0 saturated carbocycles. The lowest BCUT2D eigenvalue weighted by Gasteiger charge is -2.38. The van der Waals surface area contributed by atoms with Crippen LogP contribution in [-0.4, -0.2) is 68.0 Å². The molecule has 2 aliphatic rings. The lowest BCUT2D eigenvalue weighted by molar-refractivity contribution is -0.0299. The van der Waals surface area contributed by atoms with Crippen molar-refractivity contribution in [2.24, 2.45) is 0 Å². The number of hydrogen-bond acceptors (Lipinski definition) is 6. The maximum Gasteiger partial charge on any atom is 0.262 e.